The topological polar surface area (TPSA) is 47.6 Å². The number of ether oxygens (including phenoxy) is 2. The zero-order valence-electron chi connectivity index (χ0n) is 15.4. The van der Waals surface area contributed by atoms with Crippen LogP contribution in [0.3, 0.4) is 0 Å². The minimum absolute atomic E-state index is 0.217. The van der Waals surface area contributed by atoms with Crippen molar-refractivity contribution in [3.8, 4) is 17.2 Å². The maximum absolute atomic E-state index is 12.7. The summed E-state index contributed by atoms with van der Waals surface area (Å²) in [6, 6.07) is 18.0. The van der Waals surface area contributed by atoms with Gasteiger partial charge in [-0.1, -0.05) is 35.4 Å². The van der Waals surface area contributed by atoms with Crippen molar-refractivity contribution in [1.29, 1.82) is 0 Å². The van der Waals surface area contributed by atoms with Crippen molar-refractivity contribution < 1.29 is 14.3 Å². The lowest BCUT2D eigenvalue weighted by molar-refractivity contribution is 0.102. The molecule has 0 aliphatic rings. The highest BCUT2D eigenvalue weighted by Crippen LogP contribution is 2.33. The minimum Gasteiger partial charge on any atom is -0.497 e. The van der Waals surface area contributed by atoms with Gasteiger partial charge in [0.2, 0.25) is 0 Å². The number of hydrogen-bond acceptors (Lipinski definition) is 3. The van der Waals surface area contributed by atoms with E-state index in [9.17, 15) is 4.79 Å². The van der Waals surface area contributed by atoms with Crippen molar-refractivity contribution in [3.63, 3.8) is 0 Å². The highest BCUT2D eigenvalue weighted by Gasteiger charge is 2.14. The molecule has 0 radical (unpaired) electrons. The van der Waals surface area contributed by atoms with Crippen LogP contribution in [0.4, 0.5) is 5.69 Å². The number of aryl methyl sites for hydroxylation is 2. The minimum atomic E-state index is -0.217. The van der Waals surface area contributed by atoms with E-state index in [1.807, 2.05) is 50.2 Å². The molecular formula is C22H20ClNO3. The number of carbonyl (C=O) groups is 1. The van der Waals surface area contributed by atoms with Crippen LogP contribution >= 0.6 is 11.6 Å². The highest BCUT2D eigenvalue weighted by molar-refractivity contribution is 6.31. The van der Waals surface area contributed by atoms with Gasteiger partial charge in [0, 0.05) is 16.7 Å². The number of benzene rings is 3. The number of amides is 1. The first-order valence-corrected chi connectivity index (χ1v) is 8.84. The molecule has 0 aliphatic heterocycles. The maximum Gasteiger partial charge on any atom is 0.256 e. The Kier molecular flexibility index (Phi) is 5.67. The number of rotatable bonds is 5. The van der Waals surface area contributed by atoms with Crippen LogP contribution in [0, 0.1) is 13.8 Å². The standard InChI is InChI=1S/C22H20ClNO3/c1-14-7-9-19(15(2)11-14)22(25)24-20-12-16(23)8-10-21(20)27-18-6-4-5-17(13-18)26-3/h4-13H,1-3H3,(H,24,25). The second-order valence-electron chi connectivity index (χ2n) is 6.19. The third-order valence-corrected chi connectivity index (χ3v) is 4.32. The first kappa shape index (κ1) is 18.8. The van der Waals surface area contributed by atoms with Gasteiger partial charge in [-0.25, -0.2) is 0 Å². The Bertz CT molecular complexity index is 985. The van der Waals surface area contributed by atoms with Crippen LogP contribution in [-0.2, 0) is 0 Å². The number of carbonyl (C=O) groups excluding carboxylic acids is 1. The summed E-state index contributed by atoms with van der Waals surface area (Å²) >= 11 is 6.12. The fraction of sp³-hybridized carbons (Fsp3) is 0.136. The smallest absolute Gasteiger partial charge is 0.256 e. The summed E-state index contributed by atoms with van der Waals surface area (Å²) in [5.41, 5.74) is 3.11. The Labute approximate surface area is 163 Å². The molecule has 0 fully saturated rings. The molecule has 4 nitrogen and oxygen atoms in total. The molecule has 1 amide bonds. The van der Waals surface area contributed by atoms with Gasteiger partial charge < -0.3 is 14.8 Å². The van der Waals surface area contributed by atoms with Gasteiger partial charge in [0.25, 0.3) is 5.91 Å². The molecule has 0 heterocycles. The summed E-state index contributed by atoms with van der Waals surface area (Å²) in [5, 5.41) is 3.40. The van der Waals surface area contributed by atoms with Crippen molar-refractivity contribution >= 4 is 23.2 Å². The average Bonchev–Trinajstić information content (AvgIpc) is 2.64. The zero-order chi connectivity index (χ0) is 19.4. The molecule has 3 aromatic rings. The van der Waals surface area contributed by atoms with E-state index in [4.69, 9.17) is 21.1 Å². The van der Waals surface area contributed by atoms with E-state index < -0.39 is 0 Å². The molecule has 27 heavy (non-hydrogen) atoms. The summed E-state index contributed by atoms with van der Waals surface area (Å²) < 4.78 is 11.2. The van der Waals surface area contributed by atoms with Gasteiger partial charge in [0.05, 0.1) is 12.8 Å². The molecule has 1 N–H and O–H groups in total. The lowest BCUT2D eigenvalue weighted by atomic mass is 10.1. The second kappa shape index (κ2) is 8.14. The molecule has 0 bridgehead atoms. The van der Waals surface area contributed by atoms with Crippen LogP contribution in [0.25, 0.3) is 0 Å². The van der Waals surface area contributed by atoms with Crippen LogP contribution in [0.1, 0.15) is 21.5 Å². The molecule has 0 saturated heterocycles. The highest BCUT2D eigenvalue weighted by atomic mass is 35.5. The summed E-state index contributed by atoms with van der Waals surface area (Å²) in [6.07, 6.45) is 0. The number of anilines is 1. The molecule has 5 heteroatoms. The van der Waals surface area contributed by atoms with Gasteiger partial charge in [0.1, 0.15) is 11.5 Å². The fourth-order valence-corrected chi connectivity index (χ4v) is 2.91. The Morgan fingerprint density at radius 1 is 0.963 bits per heavy atom. The zero-order valence-corrected chi connectivity index (χ0v) is 16.1. The molecule has 3 rings (SSSR count). The number of methoxy groups -OCH3 is 1. The lowest BCUT2D eigenvalue weighted by Crippen LogP contribution is -2.14. The first-order chi connectivity index (χ1) is 13.0. The Hall–Kier alpha value is -2.98. The molecule has 0 unspecified atom stereocenters. The van der Waals surface area contributed by atoms with Crippen LogP contribution in [0.2, 0.25) is 5.02 Å². The van der Waals surface area contributed by atoms with E-state index in [1.54, 1.807) is 31.4 Å². The van der Waals surface area contributed by atoms with Crippen LogP contribution < -0.4 is 14.8 Å². The predicted octanol–water partition coefficient (Wildman–Crippen LogP) is 6.01. The van der Waals surface area contributed by atoms with Crippen LogP contribution in [0.5, 0.6) is 17.2 Å². The first-order valence-electron chi connectivity index (χ1n) is 8.46. The third kappa shape index (κ3) is 4.60. The summed E-state index contributed by atoms with van der Waals surface area (Å²) in [4.78, 5) is 12.7. The largest absolute Gasteiger partial charge is 0.497 e. The molecule has 138 valence electrons. The van der Waals surface area contributed by atoms with E-state index in [0.717, 1.165) is 11.1 Å². The summed E-state index contributed by atoms with van der Waals surface area (Å²) in [5.74, 6) is 1.55. The van der Waals surface area contributed by atoms with E-state index >= 15 is 0 Å². The SMILES string of the molecule is COc1cccc(Oc2ccc(Cl)cc2NC(=O)c2ccc(C)cc2C)c1. The molecule has 0 spiro atoms. The molecule has 0 aromatic heterocycles. The maximum atomic E-state index is 12.7. The summed E-state index contributed by atoms with van der Waals surface area (Å²) in [7, 11) is 1.59. The van der Waals surface area contributed by atoms with Gasteiger partial charge >= 0.3 is 0 Å². The number of hydrogen-bond donors (Lipinski definition) is 1. The lowest BCUT2D eigenvalue weighted by Gasteiger charge is -2.14. The number of nitrogens with one attached hydrogen (secondary N) is 1. The Morgan fingerprint density at radius 3 is 2.48 bits per heavy atom. The van der Waals surface area contributed by atoms with Crippen molar-refractivity contribution in [2.45, 2.75) is 13.8 Å². The van der Waals surface area contributed by atoms with Crippen molar-refractivity contribution in [2.75, 3.05) is 12.4 Å². The van der Waals surface area contributed by atoms with E-state index in [0.29, 0.717) is 33.5 Å². The van der Waals surface area contributed by atoms with Gasteiger partial charge in [0.15, 0.2) is 5.75 Å². The van der Waals surface area contributed by atoms with Gasteiger partial charge in [-0.3, -0.25) is 4.79 Å². The summed E-state index contributed by atoms with van der Waals surface area (Å²) in [6.45, 7) is 3.90. The Morgan fingerprint density at radius 2 is 1.74 bits per heavy atom. The van der Waals surface area contributed by atoms with E-state index in [-0.39, 0.29) is 5.91 Å². The van der Waals surface area contributed by atoms with E-state index in [2.05, 4.69) is 5.32 Å². The van der Waals surface area contributed by atoms with E-state index in [1.165, 1.54) is 0 Å². The Balaban J connectivity index is 1.88. The van der Waals surface area contributed by atoms with Crippen LogP contribution in [-0.4, -0.2) is 13.0 Å². The third-order valence-electron chi connectivity index (χ3n) is 4.09. The molecule has 0 saturated carbocycles. The molecule has 0 atom stereocenters. The molecule has 3 aromatic carbocycles. The quantitative estimate of drug-likeness (QED) is 0.588. The van der Waals surface area contributed by atoms with Gasteiger partial charge in [-0.2, -0.15) is 0 Å². The van der Waals surface area contributed by atoms with Crippen molar-refractivity contribution in [1.82, 2.24) is 0 Å². The second-order valence-corrected chi connectivity index (χ2v) is 6.63. The normalized spacial score (nSPS) is 10.4. The van der Waals surface area contributed by atoms with Gasteiger partial charge in [-0.15, -0.1) is 0 Å². The van der Waals surface area contributed by atoms with Crippen molar-refractivity contribution in [2.24, 2.45) is 0 Å². The van der Waals surface area contributed by atoms with Crippen molar-refractivity contribution in [3.05, 3.63) is 82.4 Å². The number of halogens is 1. The monoisotopic (exact) mass is 381 g/mol. The average molecular weight is 382 g/mol. The molecule has 0 aliphatic carbocycles. The van der Waals surface area contributed by atoms with Crippen LogP contribution in [0.15, 0.2) is 60.7 Å². The predicted molar refractivity (Wildman–Crippen MR) is 108 cm³/mol. The fourth-order valence-electron chi connectivity index (χ4n) is 2.74. The van der Waals surface area contributed by atoms with Gasteiger partial charge in [-0.05, 0) is 55.8 Å². The molecular weight excluding hydrogens is 362 g/mol.